The molecule has 0 saturated carbocycles. The molecule has 0 aliphatic carbocycles. The van der Waals surface area contributed by atoms with E-state index in [0.717, 1.165) is 16.9 Å². The van der Waals surface area contributed by atoms with E-state index in [1.54, 1.807) is 17.5 Å². The van der Waals surface area contributed by atoms with E-state index >= 15 is 0 Å². The number of rotatable bonds is 8. The average molecular weight is 589 g/mol. The zero-order chi connectivity index (χ0) is 27.2. The molecule has 0 aliphatic heterocycles. The fraction of sp³-hybridized carbons (Fsp3) is 0.0769. The molecule has 2 amide bonds. The Labute approximate surface area is 237 Å². The Balaban J connectivity index is 1.57. The number of pyridine rings is 1. The van der Waals surface area contributed by atoms with Gasteiger partial charge in [0.25, 0.3) is 11.8 Å². The summed E-state index contributed by atoms with van der Waals surface area (Å²) < 4.78 is 5.39. The van der Waals surface area contributed by atoms with E-state index in [4.69, 9.17) is 45.3 Å². The maximum absolute atomic E-state index is 13.2. The van der Waals surface area contributed by atoms with Crippen molar-refractivity contribution in [3.63, 3.8) is 0 Å². The van der Waals surface area contributed by atoms with Crippen LogP contribution in [0.4, 0.5) is 11.5 Å². The van der Waals surface area contributed by atoms with Crippen molar-refractivity contribution in [2.24, 2.45) is 10.7 Å². The van der Waals surface area contributed by atoms with Gasteiger partial charge in [0.05, 0.1) is 35.0 Å². The minimum absolute atomic E-state index is 0.0626. The molecule has 38 heavy (non-hydrogen) atoms. The van der Waals surface area contributed by atoms with E-state index in [1.165, 1.54) is 25.4 Å². The Morgan fingerprint density at radius 1 is 1.03 bits per heavy atom. The van der Waals surface area contributed by atoms with Crippen molar-refractivity contribution in [2.75, 3.05) is 17.7 Å². The number of amides is 2. The highest BCUT2D eigenvalue weighted by atomic mass is 35.5. The van der Waals surface area contributed by atoms with E-state index in [0.29, 0.717) is 16.4 Å². The highest BCUT2D eigenvalue weighted by Crippen LogP contribution is 2.35. The number of hydrogen-bond acceptors (Lipinski definition) is 6. The van der Waals surface area contributed by atoms with E-state index in [2.05, 4.69) is 20.6 Å². The monoisotopic (exact) mass is 587 g/mol. The Bertz CT molecular complexity index is 1510. The van der Waals surface area contributed by atoms with Gasteiger partial charge < -0.3 is 21.1 Å². The number of aromatic nitrogens is 1. The summed E-state index contributed by atoms with van der Waals surface area (Å²) in [5.74, 6) is -0.300. The van der Waals surface area contributed by atoms with Crippen LogP contribution in [-0.4, -0.2) is 29.7 Å². The molecule has 0 unspecified atom stereocenters. The van der Waals surface area contributed by atoms with Crippen molar-refractivity contribution in [2.45, 2.75) is 6.54 Å². The van der Waals surface area contributed by atoms with Gasteiger partial charge in [-0.25, -0.2) is 4.98 Å². The number of thiophene rings is 1. The van der Waals surface area contributed by atoms with Gasteiger partial charge in [0.2, 0.25) is 0 Å². The summed E-state index contributed by atoms with van der Waals surface area (Å²) in [5, 5.41) is 8.01. The van der Waals surface area contributed by atoms with Gasteiger partial charge in [-0.15, -0.1) is 11.3 Å². The number of benzene rings is 2. The van der Waals surface area contributed by atoms with E-state index in [-0.39, 0.29) is 44.3 Å². The summed E-state index contributed by atoms with van der Waals surface area (Å²) in [6.45, 7) is 0.190. The van der Waals surface area contributed by atoms with Gasteiger partial charge in [-0.2, -0.15) is 0 Å². The molecule has 2 heterocycles. The molecule has 2 aromatic carbocycles. The maximum Gasteiger partial charge on any atom is 0.267 e. The van der Waals surface area contributed by atoms with Gasteiger partial charge in [0.15, 0.2) is 0 Å². The predicted octanol–water partition coefficient (Wildman–Crippen LogP) is 6.52. The molecule has 0 atom stereocenters. The number of nitrogens with zero attached hydrogens (tertiary/aromatic N) is 2. The van der Waals surface area contributed by atoms with Gasteiger partial charge in [0, 0.05) is 28.4 Å². The van der Waals surface area contributed by atoms with Gasteiger partial charge >= 0.3 is 0 Å². The van der Waals surface area contributed by atoms with Crippen LogP contribution in [0.1, 0.15) is 31.2 Å². The number of nitrogens with two attached hydrogens (primary N) is 1. The number of carbonyl (C=O) groups excluding carboxylic acids is 2. The number of anilines is 2. The van der Waals surface area contributed by atoms with Crippen molar-refractivity contribution >= 4 is 75.3 Å². The summed E-state index contributed by atoms with van der Waals surface area (Å²) in [6.07, 6.45) is 1.40. The lowest BCUT2D eigenvalue weighted by molar-refractivity contribution is 0.102. The largest absolute Gasteiger partial charge is 0.494 e. The molecule has 0 fully saturated rings. The minimum Gasteiger partial charge on any atom is -0.494 e. The molecule has 8 nitrogen and oxygen atoms in total. The van der Waals surface area contributed by atoms with E-state index in [1.807, 2.05) is 30.3 Å². The van der Waals surface area contributed by atoms with Gasteiger partial charge in [-0.05, 0) is 23.6 Å². The lowest BCUT2D eigenvalue weighted by atomic mass is 10.1. The highest BCUT2D eigenvalue weighted by Gasteiger charge is 2.23. The second kappa shape index (κ2) is 12.3. The van der Waals surface area contributed by atoms with Crippen molar-refractivity contribution in [3.8, 4) is 5.75 Å². The van der Waals surface area contributed by atoms with Crippen LogP contribution in [0.2, 0.25) is 15.1 Å². The fourth-order valence-corrected chi connectivity index (χ4v) is 4.93. The molecular weight excluding hydrogens is 569 g/mol. The third-order valence-corrected chi connectivity index (χ3v) is 7.25. The lowest BCUT2D eigenvalue weighted by Crippen LogP contribution is -2.19. The second-order valence-electron chi connectivity index (χ2n) is 7.77. The molecule has 0 saturated heterocycles. The van der Waals surface area contributed by atoms with Crippen LogP contribution < -0.4 is 21.1 Å². The molecule has 4 aromatic rings. The van der Waals surface area contributed by atoms with E-state index < -0.39 is 11.8 Å². The standard InChI is InChI=1S/C26H20Cl3N5O3S/c1-37-19-10-17(28)9-18(25(35)33-20-8-7-16(27)12-31-20)22(19)34-26(36)23-21(29)15(13-38-23)11-32-24(30)14-5-3-2-4-6-14/h2-10,12-13H,11H2,1H3,(H2,30,32)(H,34,36)(H,31,33,35). The first-order chi connectivity index (χ1) is 18.3. The normalized spacial score (nSPS) is 11.2. The summed E-state index contributed by atoms with van der Waals surface area (Å²) >= 11 is 19.7. The van der Waals surface area contributed by atoms with Crippen LogP contribution in [0, 0.1) is 0 Å². The van der Waals surface area contributed by atoms with Gasteiger partial charge in [-0.3, -0.25) is 14.6 Å². The minimum atomic E-state index is -0.570. The SMILES string of the molecule is COc1cc(Cl)cc(C(=O)Nc2ccc(Cl)cn2)c1NC(=O)c1scc(CN=C(N)c2ccccc2)c1Cl. The van der Waals surface area contributed by atoms with Gasteiger partial charge in [0.1, 0.15) is 22.3 Å². The molecule has 0 spiro atoms. The lowest BCUT2D eigenvalue weighted by Gasteiger charge is -2.15. The molecular formula is C26H20Cl3N5O3S. The van der Waals surface area contributed by atoms with Crippen LogP contribution >= 0.6 is 46.1 Å². The first-order valence-corrected chi connectivity index (χ1v) is 13.0. The van der Waals surface area contributed by atoms with Crippen molar-refractivity contribution in [3.05, 3.63) is 103 Å². The van der Waals surface area contributed by atoms with Crippen molar-refractivity contribution in [1.82, 2.24) is 4.98 Å². The smallest absolute Gasteiger partial charge is 0.267 e. The zero-order valence-electron chi connectivity index (χ0n) is 19.8. The summed E-state index contributed by atoms with van der Waals surface area (Å²) in [5.41, 5.74) is 7.67. The number of hydrogen-bond donors (Lipinski definition) is 3. The van der Waals surface area contributed by atoms with Crippen LogP contribution in [0.15, 0.2) is 71.2 Å². The summed E-state index contributed by atoms with van der Waals surface area (Å²) in [6, 6.07) is 15.3. The van der Waals surface area contributed by atoms with Crippen molar-refractivity contribution in [1.29, 1.82) is 0 Å². The first kappa shape index (κ1) is 27.4. The molecule has 0 radical (unpaired) electrons. The van der Waals surface area contributed by atoms with Crippen LogP contribution in [-0.2, 0) is 6.54 Å². The quantitative estimate of drug-likeness (QED) is 0.160. The molecule has 4 N–H and O–H groups in total. The Hall–Kier alpha value is -3.63. The van der Waals surface area contributed by atoms with Crippen LogP contribution in [0.3, 0.4) is 0 Å². The molecule has 0 aliphatic rings. The summed E-state index contributed by atoms with van der Waals surface area (Å²) in [4.78, 5) is 35.0. The average Bonchev–Trinajstić information content (AvgIpc) is 3.29. The molecule has 4 rings (SSSR count). The third kappa shape index (κ3) is 6.43. The van der Waals surface area contributed by atoms with E-state index in [9.17, 15) is 9.59 Å². The fourth-order valence-electron chi connectivity index (χ4n) is 3.36. The number of ether oxygens (including phenoxy) is 1. The topological polar surface area (TPSA) is 119 Å². The highest BCUT2D eigenvalue weighted by molar-refractivity contribution is 7.13. The van der Waals surface area contributed by atoms with Crippen LogP contribution in [0.25, 0.3) is 0 Å². The number of amidine groups is 1. The number of halogens is 3. The number of carbonyl (C=O) groups is 2. The Morgan fingerprint density at radius 2 is 1.79 bits per heavy atom. The Kier molecular flexibility index (Phi) is 8.85. The summed E-state index contributed by atoms with van der Waals surface area (Å²) in [7, 11) is 1.40. The first-order valence-electron chi connectivity index (χ1n) is 11.0. The second-order valence-corrected chi connectivity index (χ2v) is 9.90. The Morgan fingerprint density at radius 3 is 2.47 bits per heavy atom. The van der Waals surface area contributed by atoms with Gasteiger partial charge in [-0.1, -0.05) is 65.1 Å². The number of aliphatic imine (C=N–C) groups is 1. The number of nitrogens with one attached hydrogen (secondary N) is 2. The van der Waals surface area contributed by atoms with Crippen molar-refractivity contribution < 1.29 is 14.3 Å². The molecule has 12 heteroatoms. The maximum atomic E-state index is 13.2. The molecule has 2 aromatic heterocycles. The molecule has 0 bridgehead atoms. The zero-order valence-corrected chi connectivity index (χ0v) is 22.9. The van der Waals surface area contributed by atoms with Crippen LogP contribution in [0.5, 0.6) is 5.75 Å². The predicted molar refractivity (Wildman–Crippen MR) is 153 cm³/mol. The third-order valence-electron chi connectivity index (χ3n) is 5.23. The molecule has 194 valence electrons. The number of methoxy groups -OCH3 is 1.